The Morgan fingerprint density at radius 2 is 1.93 bits per heavy atom. The molecule has 1 N–H and O–H groups in total. The van der Waals surface area contributed by atoms with E-state index in [4.69, 9.17) is 5.11 Å². The zero-order chi connectivity index (χ0) is 10.6. The minimum Gasteiger partial charge on any atom is -0.396 e. The second-order valence-corrected chi connectivity index (χ2v) is 3.63. The van der Waals surface area contributed by atoms with Crippen molar-refractivity contribution in [1.82, 2.24) is 0 Å². The van der Waals surface area contributed by atoms with Gasteiger partial charge in [0.25, 0.3) is 0 Å². The Bertz CT molecular complexity index is 280. The van der Waals surface area contributed by atoms with Crippen LogP contribution < -0.4 is 0 Å². The first-order valence-corrected chi connectivity index (χ1v) is 5.51. The van der Waals surface area contributed by atoms with Crippen LogP contribution in [0.2, 0.25) is 0 Å². The molecule has 2 unspecified atom stereocenters. The number of aliphatic hydroxyl groups is 1. The number of rotatable bonds is 1. The minimum absolute atomic E-state index is 0.315. The van der Waals surface area contributed by atoms with Crippen molar-refractivity contribution in [3.63, 3.8) is 0 Å². The Morgan fingerprint density at radius 3 is 2.50 bits per heavy atom. The van der Waals surface area contributed by atoms with Gasteiger partial charge in [0.1, 0.15) is 0 Å². The molecule has 0 heterocycles. The minimum atomic E-state index is 0.315. The summed E-state index contributed by atoms with van der Waals surface area (Å²) in [6, 6.07) is 8.50. The van der Waals surface area contributed by atoms with E-state index in [0.29, 0.717) is 18.4 Å². The first-order chi connectivity index (χ1) is 6.83. The summed E-state index contributed by atoms with van der Waals surface area (Å²) >= 11 is 0. The van der Waals surface area contributed by atoms with Crippen molar-refractivity contribution in [2.75, 3.05) is 6.61 Å². The maximum absolute atomic E-state index is 9.11. The van der Waals surface area contributed by atoms with E-state index in [0.717, 1.165) is 6.42 Å². The van der Waals surface area contributed by atoms with Gasteiger partial charge < -0.3 is 5.11 Å². The fraction of sp³-hybridized carbons (Fsp3) is 0.538. The fourth-order valence-electron chi connectivity index (χ4n) is 2.10. The molecule has 78 valence electrons. The first-order valence-electron chi connectivity index (χ1n) is 5.51. The quantitative estimate of drug-likeness (QED) is 0.725. The second-order valence-electron chi connectivity index (χ2n) is 3.63. The predicted molar refractivity (Wildman–Crippen MR) is 60.5 cm³/mol. The Morgan fingerprint density at radius 1 is 1.29 bits per heavy atom. The van der Waals surface area contributed by atoms with Crippen molar-refractivity contribution in [3.8, 4) is 0 Å². The van der Waals surface area contributed by atoms with Crippen LogP contribution in [0.3, 0.4) is 0 Å². The van der Waals surface area contributed by atoms with Crippen molar-refractivity contribution < 1.29 is 5.11 Å². The number of hydrogen-bond acceptors (Lipinski definition) is 1. The molecule has 1 heteroatoms. The second kappa shape index (κ2) is 5.16. The van der Waals surface area contributed by atoms with Gasteiger partial charge in [-0.3, -0.25) is 0 Å². The third kappa shape index (κ3) is 1.98. The number of benzene rings is 1. The van der Waals surface area contributed by atoms with Gasteiger partial charge in [0.2, 0.25) is 0 Å². The fourth-order valence-corrected chi connectivity index (χ4v) is 2.10. The van der Waals surface area contributed by atoms with E-state index in [1.54, 1.807) is 0 Å². The third-order valence-corrected chi connectivity index (χ3v) is 2.97. The maximum Gasteiger partial charge on any atom is 0.0468 e. The molecule has 0 radical (unpaired) electrons. The Kier molecular flexibility index (Phi) is 4.15. The van der Waals surface area contributed by atoms with Crippen LogP contribution in [0.1, 0.15) is 37.8 Å². The smallest absolute Gasteiger partial charge is 0.0468 e. The lowest BCUT2D eigenvalue weighted by Crippen LogP contribution is -2.08. The summed E-state index contributed by atoms with van der Waals surface area (Å²) < 4.78 is 0. The van der Waals surface area contributed by atoms with Gasteiger partial charge in [-0.05, 0) is 29.4 Å². The normalized spacial score (nSPS) is 23.7. The molecule has 0 saturated carbocycles. The monoisotopic (exact) mass is 192 g/mol. The first kappa shape index (κ1) is 11.3. The molecule has 2 rings (SSSR count). The molecule has 0 amide bonds. The van der Waals surface area contributed by atoms with Crippen molar-refractivity contribution in [2.45, 2.75) is 33.1 Å². The van der Waals surface area contributed by atoms with Crippen LogP contribution in [0.5, 0.6) is 0 Å². The van der Waals surface area contributed by atoms with Crippen LogP contribution in [0.4, 0.5) is 0 Å². The van der Waals surface area contributed by atoms with Crippen LogP contribution >= 0.6 is 0 Å². The van der Waals surface area contributed by atoms with E-state index in [9.17, 15) is 0 Å². The summed E-state index contributed by atoms with van der Waals surface area (Å²) in [4.78, 5) is 0. The topological polar surface area (TPSA) is 20.2 Å². The van der Waals surface area contributed by atoms with Gasteiger partial charge in [-0.25, -0.2) is 0 Å². The summed E-state index contributed by atoms with van der Waals surface area (Å²) in [5, 5.41) is 9.11. The van der Waals surface area contributed by atoms with Gasteiger partial charge in [-0.1, -0.05) is 45.0 Å². The molecule has 1 aliphatic rings. The van der Waals surface area contributed by atoms with Crippen molar-refractivity contribution in [2.24, 2.45) is 5.92 Å². The SMILES string of the molecule is CC.CC1c2ccccc2CC1CO. The van der Waals surface area contributed by atoms with E-state index in [2.05, 4.69) is 31.2 Å². The standard InChI is InChI=1S/C11H14O.C2H6/c1-8-10(7-12)6-9-4-2-3-5-11(8)9;1-2/h2-5,8,10,12H,6-7H2,1H3;1-2H3. The number of aliphatic hydroxyl groups excluding tert-OH is 1. The molecule has 0 aromatic heterocycles. The van der Waals surface area contributed by atoms with Crippen LogP contribution in [0.25, 0.3) is 0 Å². The van der Waals surface area contributed by atoms with Crippen LogP contribution in [-0.2, 0) is 6.42 Å². The van der Waals surface area contributed by atoms with Gasteiger partial charge in [0.15, 0.2) is 0 Å². The maximum atomic E-state index is 9.11. The molecular weight excluding hydrogens is 172 g/mol. The highest BCUT2D eigenvalue weighted by molar-refractivity contribution is 5.35. The van der Waals surface area contributed by atoms with E-state index in [-0.39, 0.29) is 0 Å². The van der Waals surface area contributed by atoms with E-state index < -0.39 is 0 Å². The average Bonchev–Trinajstić information content (AvgIpc) is 2.59. The summed E-state index contributed by atoms with van der Waals surface area (Å²) in [5.41, 5.74) is 2.85. The van der Waals surface area contributed by atoms with E-state index in [1.807, 2.05) is 13.8 Å². The number of fused-ring (bicyclic) bond motifs is 1. The largest absolute Gasteiger partial charge is 0.396 e. The highest BCUT2D eigenvalue weighted by Crippen LogP contribution is 2.36. The van der Waals surface area contributed by atoms with Crippen molar-refractivity contribution >= 4 is 0 Å². The van der Waals surface area contributed by atoms with Gasteiger partial charge in [-0.2, -0.15) is 0 Å². The van der Waals surface area contributed by atoms with Crippen molar-refractivity contribution in [3.05, 3.63) is 35.4 Å². The molecule has 0 fully saturated rings. The van der Waals surface area contributed by atoms with Crippen LogP contribution in [-0.4, -0.2) is 11.7 Å². The average molecular weight is 192 g/mol. The number of hydrogen-bond donors (Lipinski definition) is 1. The molecule has 1 aliphatic carbocycles. The molecule has 0 spiro atoms. The molecular formula is C13H20O. The lowest BCUT2D eigenvalue weighted by atomic mass is 9.96. The molecule has 14 heavy (non-hydrogen) atoms. The lowest BCUT2D eigenvalue weighted by Gasteiger charge is -2.11. The van der Waals surface area contributed by atoms with Gasteiger partial charge in [0.05, 0.1) is 0 Å². The summed E-state index contributed by atoms with van der Waals surface area (Å²) in [6.45, 7) is 6.52. The highest BCUT2D eigenvalue weighted by Gasteiger charge is 2.27. The van der Waals surface area contributed by atoms with Crippen LogP contribution in [0.15, 0.2) is 24.3 Å². The van der Waals surface area contributed by atoms with Crippen LogP contribution in [0, 0.1) is 5.92 Å². The molecule has 0 aliphatic heterocycles. The Hall–Kier alpha value is -0.820. The lowest BCUT2D eigenvalue weighted by molar-refractivity contribution is 0.217. The van der Waals surface area contributed by atoms with Crippen molar-refractivity contribution in [1.29, 1.82) is 0 Å². The van der Waals surface area contributed by atoms with Gasteiger partial charge >= 0.3 is 0 Å². The summed E-state index contributed by atoms with van der Waals surface area (Å²) in [7, 11) is 0. The third-order valence-electron chi connectivity index (χ3n) is 2.97. The van der Waals surface area contributed by atoms with E-state index in [1.165, 1.54) is 11.1 Å². The molecule has 0 bridgehead atoms. The molecule has 1 nitrogen and oxygen atoms in total. The zero-order valence-corrected chi connectivity index (χ0v) is 9.33. The molecule has 2 atom stereocenters. The summed E-state index contributed by atoms with van der Waals surface area (Å²) in [5.74, 6) is 0.980. The summed E-state index contributed by atoms with van der Waals surface area (Å²) in [6.07, 6.45) is 1.05. The Labute approximate surface area is 86.8 Å². The van der Waals surface area contributed by atoms with Gasteiger partial charge in [-0.15, -0.1) is 0 Å². The molecule has 0 saturated heterocycles. The Balaban J connectivity index is 0.000000461. The molecule has 1 aromatic carbocycles. The predicted octanol–water partition coefficient (Wildman–Crippen LogP) is 2.98. The zero-order valence-electron chi connectivity index (χ0n) is 9.33. The van der Waals surface area contributed by atoms with Gasteiger partial charge in [0, 0.05) is 6.61 Å². The molecule has 1 aromatic rings. The van der Waals surface area contributed by atoms with E-state index >= 15 is 0 Å². The highest BCUT2D eigenvalue weighted by atomic mass is 16.3.